The van der Waals surface area contributed by atoms with Gasteiger partial charge in [-0.3, -0.25) is 0 Å². The average molecular weight is 343 g/mol. The van der Waals surface area contributed by atoms with Crippen molar-refractivity contribution in [2.45, 2.75) is 50.6 Å². The summed E-state index contributed by atoms with van der Waals surface area (Å²) in [4.78, 5) is 0. The summed E-state index contributed by atoms with van der Waals surface area (Å²) in [7, 11) is 0. The molecule has 0 heterocycles. The molecule has 1 aromatic rings. The number of hydrogen-bond donors (Lipinski definition) is 1. The van der Waals surface area contributed by atoms with Gasteiger partial charge in [0.2, 0.25) is 0 Å². The summed E-state index contributed by atoms with van der Waals surface area (Å²) in [6, 6.07) is 3.37. The van der Waals surface area contributed by atoms with Gasteiger partial charge in [0.15, 0.2) is 0 Å². The maximum atomic E-state index is 13.2. The van der Waals surface area contributed by atoms with Gasteiger partial charge in [0.05, 0.1) is 6.04 Å². The molecule has 0 aromatic heterocycles. The summed E-state index contributed by atoms with van der Waals surface area (Å²) in [5, 5.41) is 0. The molecule has 0 aliphatic heterocycles. The van der Waals surface area contributed by atoms with Gasteiger partial charge < -0.3 is 4.55 Å². The largest absolute Gasteiger partial charge is 0.598 e. The fourth-order valence-corrected chi connectivity index (χ4v) is 2.36. The average Bonchev–Trinajstić information content (AvgIpc) is 2.36. The normalized spacial score (nSPS) is 16.5. The minimum absolute atomic E-state index is 0.450. The lowest BCUT2D eigenvalue weighted by atomic mass is 10.0. The lowest BCUT2D eigenvalue weighted by molar-refractivity contribution is -0.289. The summed E-state index contributed by atoms with van der Waals surface area (Å²) in [6.07, 6.45) is -5.63. The number of alkyl halides is 5. The third-order valence-electron chi connectivity index (χ3n) is 2.97. The Morgan fingerprint density at radius 3 is 1.82 bits per heavy atom. The van der Waals surface area contributed by atoms with E-state index in [0.717, 1.165) is 12.1 Å². The molecule has 2 nitrogen and oxygen atoms in total. The molecule has 2 atom stereocenters. The molecule has 0 saturated carbocycles. The van der Waals surface area contributed by atoms with Crippen molar-refractivity contribution in [3.05, 3.63) is 35.4 Å². The van der Waals surface area contributed by atoms with Crippen LogP contribution < -0.4 is 4.72 Å². The second-order valence-corrected chi connectivity index (χ2v) is 7.91. The Morgan fingerprint density at radius 2 is 1.45 bits per heavy atom. The van der Waals surface area contributed by atoms with E-state index in [1.54, 1.807) is 27.7 Å². The molecule has 0 aliphatic rings. The van der Waals surface area contributed by atoms with Crippen molar-refractivity contribution in [1.29, 1.82) is 0 Å². The molecule has 1 aromatic carbocycles. The zero-order valence-electron chi connectivity index (χ0n) is 12.6. The monoisotopic (exact) mass is 343 g/mol. The van der Waals surface area contributed by atoms with E-state index in [1.165, 1.54) is 12.1 Å². The molecule has 8 heteroatoms. The summed E-state index contributed by atoms with van der Waals surface area (Å²) < 4.78 is 77.4. The van der Waals surface area contributed by atoms with Crippen LogP contribution >= 0.6 is 0 Å². The highest BCUT2D eigenvalue weighted by atomic mass is 32.2. The second kappa shape index (κ2) is 6.33. The van der Waals surface area contributed by atoms with Crippen LogP contribution in [0.4, 0.5) is 22.0 Å². The molecule has 0 spiro atoms. The van der Waals surface area contributed by atoms with Gasteiger partial charge in [-0.15, -0.1) is 4.72 Å². The smallest absolute Gasteiger partial charge is 0.458 e. The van der Waals surface area contributed by atoms with Gasteiger partial charge in [-0.2, -0.15) is 22.0 Å². The first-order valence-electron chi connectivity index (χ1n) is 6.50. The molecule has 2 unspecified atom stereocenters. The predicted molar refractivity (Wildman–Crippen MR) is 75.8 cm³/mol. The Balaban J connectivity index is 2.90. The van der Waals surface area contributed by atoms with E-state index in [-0.39, 0.29) is 0 Å². The lowest BCUT2D eigenvalue weighted by Crippen LogP contribution is -2.40. The second-order valence-electron chi connectivity index (χ2n) is 5.91. The Labute approximate surface area is 129 Å². The van der Waals surface area contributed by atoms with Crippen LogP contribution in [0.2, 0.25) is 0 Å². The van der Waals surface area contributed by atoms with Gasteiger partial charge in [0.25, 0.3) is 0 Å². The molecule has 1 rings (SSSR count). The number of rotatable bonds is 4. The fraction of sp³-hybridized carbons (Fsp3) is 0.571. The van der Waals surface area contributed by atoms with E-state index < -0.39 is 39.8 Å². The minimum atomic E-state index is -5.63. The first-order chi connectivity index (χ1) is 9.76. The topological polar surface area (TPSA) is 35.1 Å². The lowest BCUT2D eigenvalue weighted by Gasteiger charge is -2.27. The Bertz CT molecular complexity index is 495. The van der Waals surface area contributed by atoms with Gasteiger partial charge in [-0.1, -0.05) is 24.3 Å². The van der Waals surface area contributed by atoms with Crippen LogP contribution in [-0.4, -0.2) is 15.5 Å². The van der Waals surface area contributed by atoms with Crippen molar-refractivity contribution in [3.63, 3.8) is 0 Å². The van der Waals surface area contributed by atoms with E-state index in [0.29, 0.717) is 5.56 Å². The fourth-order valence-electron chi connectivity index (χ4n) is 1.55. The van der Waals surface area contributed by atoms with Crippen LogP contribution in [0.3, 0.4) is 0 Å². The molecule has 0 aliphatic carbocycles. The maximum absolute atomic E-state index is 13.2. The van der Waals surface area contributed by atoms with Gasteiger partial charge in [-0.05, 0) is 33.3 Å². The highest BCUT2D eigenvalue weighted by Crippen LogP contribution is 2.43. The number of halogens is 5. The van der Waals surface area contributed by atoms with Crippen molar-refractivity contribution in [2.24, 2.45) is 0 Å². The molecule has 0 bridgehead atoms. The van der Waals surface area contributed by atoms with Crippen LogP contribution in [0, 0.1) is 0 Å². The van der Waals surface area contributed by atoms with E-state index in [2.05, 4.69) is 4.72 Å². The van der Waals surface area contributed by atoms with Gasteiger partial charge >= 0.3 is 12.1 Å². The van der Waals surface area contributed by atoms with Crippen molar-refractivity contribution in [2.75, 3.05) is 0 Å². The highest BCUT2D eigenvalue weighted by Gasteiger charge is 2.58. The molecule has 0 fully saturated rings. The Hall–Kier alpha value is -0.860. The molecule has 1 N–H and O–H groups in total. The molecule has 126 valence electrons. The summed E-state index contributed by atoms with van der Waals surface area (Å²) in [5.41, 5.74) is -0.646. The van der Waals surface area contributed by atoms with E-state index in [1.807, 2.05) is 0 Å². The van der Waals surface area contributed by atoms with Crippen molar-refractivity contribution in [1.82, 2.24) is 4.72 Å². The number of hydrogen-bond acceptors (Lipinski definition) is 2. The minimum Gasteiger partial charge on any atom is -0.598 e. The van der Waals surface area contributed by atoms with E-state index in [4.69, 9.17) is 0 Å². The third kappa shape index (κ3) is 4.33. The SMILES string of the molecule is CC(N[S+]([O-])C(C)(C)C)c1ccc(C(F)(F)C(F)(F)F)cc1. The summed E-state index contributed by atoms with van der Waals surface area (Å²) >= 11 is -1.38. The molecule has 22 heavy (non-hydrogen) atoms. The van der Waals surface area contributed by atoms with Crippen molar-refractivity contribution in [3.8, 4) is 0 Å². The van der Waals surface area contributed by atoms with E-state index in [9.17, 15) is 26.5 Å². The molecule has 0 amide bonds. The summed E-state index contributed by atoms with van der Waals surface area (Å²) in [6.45, 7) is 6.93. The first kappa shape index (κ1) is 19.2. The van der Waals surface area contributed by atoms with Crippen molar-refractivity contribution < 1.29 is 26.5 Å². The number of nitrogens with one attached hydrogen (secondary N) is 1. The van der Waals surface area contributed by atoms with Crippen LogP contribution in [0.1, 0.15) is 44.9 Å². The molecular formula is C14H18F5NOS. The Kier molecular flexibility index (Phi) is 5.52. The molecular weight excluding hydrogens is 325 g/mol. The molecule has 0 radical (unpaired) electrons. The van der Waals surface area contributed by atoms with Gasteiger partial charge in [-0.25, -0.2) is 0 Å². The quantitative estimate of drug-likeness (QED) is 0.647. The zero-order valence-corrected chi connectivity index (χ0v) is 13.4. The standard InChI is InChI=1S/C14H18F5NOS/c1-9(20-22(21)12(2,3)4)10-5-7-11(8-6-10)13(15,16)14(17,18)19/h5-9,20H,1-4H3. The van der Waals surface area contributed by atoms with Crippen LogP contribution in [0.25, 0.3) is 0 Å². The predicted octanol–water partition coefficient (Wildman–Crippen LogP) is 4.45. The van der Waals surface area contributed by atoms with Gasteiger partial charge in [0, 0.05) is 16.9 Å². The van der Waals surface area contributed by atoms with Crippen molar-refractivity contribution >= 4 is 11.4 Å². The third-order valence-corrected chi connectivity index (χ3v) is 4.65. The highest BCUT2D eigenvalue weighted by molar-refractivity contribution is 7.90. The zero-order chi connectivity index (χ0) is 17.3. The summed E-state index contributed by atoms with van der Waals surface area (Å²) in [5.74, 6) is -4.89. The first-order valence-corrected chi connectivity index (χ1v) is 7.65. The van der Waals surface area contributed by atoms with Crippen LogP contribution in [0.5, 0.6) is 0 Å². The van der Waals surface area contributed by atoms with E-state index >= 15 is 0 Å². The van der Waals surface area contributed by atoms with Crippen LogP contribution in [-0.2, 0) is 17.3 Å². The van der Waals surface area contributed by atoms with Crippen LogP contribution in [0.15, 0.2) is 24.3 Å². The van der Waals surface area contributed by atoms with Gasteiger partial charge in [0.1, 0.15) is 4.75 Å². The Morgan fingerprint density at radius 1 is 1.00 bits per heavy atom. The number of benzene rings is 1. The maximum Gasteiger partial charge on any atom is 0.458 e. The molecule has 0 saturated heterocycles.